The molecular weight excluding hydrogens is 511 g/mol. The van der Waals surface area contributed by atoms with Gasteiger partial charge in [0.05, 0.1) is 12.2 Å². The van der Waals surface area contributed by atoms with E-state index in [1.54, 1.807) is 4.90 Å². The van der Waals surface area contributed by atoms with Crippen molar-refractivity contribution in [2.45, 2.75) is 57.4 Å². The third-order valence-corrected chi connectivity index (χ3v) is 7.02. The Morgan fingerprint density at radius 3 is 2.26 bits per heavy atom. The van der Waals surface area contributed by atoms with Crippen molar-refractivity contribution >= 4 is 23.5 Å². The third kappa shape index (κ3) is 6.46. The average Bonchev–Trinajstić information content (AvgIpc) is 3.13. The Hall–Kier alpha value is -3.76. The molecule has 2 heterocycles. The molecule has 8 nitrogen and oxygen atoms in total. The Labute approximate surface area is 226 Å². The molecule has 0 aromatic heterocycles. The summed E-state index contributed by atoms with van der Waals surface area (Å²) in [4.78, 5) is 44.5. The van der Waals surface area contributed by atoms with Gasteiger partial charge in [-0.2, -0.15) is 13.2 Å². The van der Waals surface area contributed by atoms with Crippen molar-refractivity contribution in [3.63, 3.8) is 0 Å². The minimum absolute atomic E-state index is 0.0871. The van der Waals surface area contributed by atoms with Gasteiger partial charge in [0.1, 0.15) is 12.1 Å². The molecule has 2 aromatic carbocycles. The zero-order valence-corrected chi connectivity index (χ0v) is 22.3. The zero-order valence-electron chi connectivity index (χ0n) is 22.3. The number of rotatable bonds is 5. The van der Waals surface area contributed by atoms with Crippen LogP contribution in [-0.2, 0) is 22.3 Å². The van der Waals surface area contributed by atoms with E-state index in [1.165, 1.54) is 17.0 Å². The summed E-state index contributed by atoms with van der Waals surface area (Å²) in [5.74, 6) is -0.663. The van der Waals surface area contributed by atoms with Gasteiger partial charge in [0, 0.05) is 30.9 Å². The predicted octanol–water partition coefficient (Wildman–Crippen LogP) is 3.97. The fourth-order valence-electron chi connectivity index (χ4n) is 5.09. The van der Waals surface area contributed by atoms with E-state index in [1.807, 2.05) is 56.0 Å². The van der Waals surface area contributed by atoms with Crippen LogP contribution in [-0.4, -0.2) is 65.0 Å². The van der Waals surface area contributed by atoms with E-state index in [9.17, 15) is 27.6 Å². The standard InChI is InChI=1S/C28H34F3N5O3/c1-26(2,3)33-25(39)34-14-12-27(13-15-34)24(38)35(19-36(27)22-10-5-4-6-11-22)18-23(37)32-17-20-8-7-9-21(16-20)28(29,30)31/h4-11,16H,12-15,17-19H2,1-3H3,(H,32,37)(H,33,39). The van der Waals surface area contributed by atoms with Crippen LogP contribution in [0.2, 0.25) is 0 Å². The Bertz CT molecular complexity index is 1200. The molecule has 11 heteroatoms. The molecule has 2 aliphatic heterocycles. The molecular formula is C28H34F3N5O3. The maximum atomic E-state index is 13.8. The van der Waals surface area contributed by atoms with Crippen LogP contribution in [0.4, 0.5) is 23.7 Å². The van der Waals surface area contributed by atoms with E-state index in [-0.39, 0.29) is 37.2 Å². The number of halogens is 3. The Morgan fingerprint density at radius 2 is 1.64 bits per heavy atom. The van der Waals surface area contributed by atoms with Crippen molar-refractivity contribution in [2.24, 2.45) is 0 Å². The van der Waals surface area contributed by atoms with Crippen LogP contribution < -0.4 is 15.5 Å². The number of alkyl halides is 3. The predicted molar refractivity (Wildman–Crippen MR) is 141 cm³/mol. The first kappa shape index (κ1) is 28.3. The van der Waals surface area contributed by atoms with E-state index < -0.39 is 23.2 Å². The largest absolute Gasteiger partial charge is 0.416 e. The highest BCUT2D eigenvalue weighted by Crippen LogP contribution is 2.39. The fourth-order valence-corrected chi connectivity index (χ4v) is 5.09. The number of hydrogen-bond donors (Lipinski definition) is 2. The molecule has 0 unspecified atom stereocenters. The molecule has 4 amide bonds. The summed E-state index contributed by atoms with van der Waals surface area (Å²) in [6.07, 6.45) is -3.67. The molecule has 0 saturated carbocycles. The van der Waals surface area contributed by atoms with Crippen molar-refractivity contribution in [3.05, 3.63) is 65.7 Å². The summed E-state index contributed by atoms with van der Waals surface area (Å²) in [5, 5.41) is 5.59. The lowest BCUT2D eigenvalue weighted by molar-refractivity contribution is -0.138. The van der Waals surface area contributed by atoms with Gasteiger partial charge in [-0.05, 0) is 63.4 Å². The van der Waals surface area contributed by atoms with Gasteiger partial charge >= 0.3 is 12.2 Å². The molecule has 4 rings (SSSR count). The number of piperidine rings is 1. The van der Waals surface area contributed by atoms with Crippen LogP contribution in [0.25, 0.3) is 0 Å². The Kier molecular flexibility index (Phi) is 7.81. The van der Waals surface area contributed by atoms with Gasteiger partial charge in [-0.15, -0.1) is 0 Å². The molecule has 2 N–H and O–H groups in total. The number of anilines is 1. The van der Waals surface area contributed by atoms with E-state index in [2.05, 4.69) is 10.6 Å². The highest BCUT2D eigenvalue weighted by molar-refractivity contribution is 5.96. The molecule has 0 bridgehead atoms. The number of para-hydroxylation sites is 1. The molecule has 1 spiro atoms. The van der Waals surface area contributed by atoms with Crippen LogP contribution >= 0.6 is 0 Å². The molecule has 39 heavy (non-hydrogen) atoms. The minimum atomic E-state index is -4.47. The number of likely N-dealkylation sites (tertiary alicyclic amines) is 1. The second-order valence-electron chi connectivity index (χ2n) is 11.1. The summed E-state index contributed by atoms with van der Waals surface area (Å²) in [6, 6.07) is 14.0. The number of nitrogens with one attached hydrogen (secondary N) is 2. The number of amides is 4. The van der Waals surface area contributed by atoms with Crippen molar-refractivity contribution in [1.29, 1.82) is 0 Å². The summed E-state index contributed by atoms with van der Waals surface area (Å²) >= 11 is 0. The third-order valence-electron chi connectivity index (χ3n) is 7.02. The Balaban J connectivity index is 1.45. The van der Waals surface area contributed by atoms with Gasteiger partial charge in [0.2, 0.25) is 5.91 Å². The van der Waals surface area contributed by atoms with Gasteiger partial charge in [0.25, 0.3) is 5.91 Å². The second-order valence-corrected chi connectivity index (χ2v) is 11.1. The van der Waals surface area contributed by atoms with Crippen LogP contribution in [0.1, 0.15) is 44.7 Å². The van der Waals surface area contributed by atoms with E-state index in [4.69, 9.17) is 0 Å². The number of carbonyl (C=O) groups excluding carboxylic acids is 3. The van der Waals surface area contributed by atoms with Gasteiger partial charge in [-0.1, -0.05) is 30.3 Å². The fraction of sp³-hybridized carbons (Fsp3) is 0.464. The van der Waals surface area contributed by atoms with Gasteiger partial charge in [-0.3, -0.25) is 9.59 Å². The minimum Gasteiger partial charge on any atom is -0.350 e. The van der Waals surface area contributed by atoms with Crippen molar-refractivity contribution in [1.82, 2.24) is 20.4 Å². The molecule has 0 radical (unpaired) electrons. The van der Waals surface area contributed by atoms with Crippen LogP contribution in [0, 0.1) is 0 Å². The zero-order chi connectivity index (χ0) is 28.4. The summed E-state index contributed by atoms with van der Waals surface area (Å²) < 4.78 is 39.0. The van der Waals surface area contributed by atoms with Crippen LogP contribution in [0.15, 0.2) is 54.6 Å². The average molecular weight is 546 g/mol. The normalized spacial score (nSPS) is 17.5. The molecule has 2 fully saturated rings. The van der Waals surface area contributed by atoms with E-state index >= 15 is 0 Å². The molecule has 0 atom stereocenters. The SMILES string of the molecule is CC(C)(C)NC(=O)N1CCC2(CC1)C(=O)N(CC(=O)NCc1cccc(C(F)(F)F)c1)CN2c1ccccc1. The van der Waals surface area contributed by atoms with Crippen LogP contribution in [0.3, 0.4) is 0 Å². The lowest BCUT2D eigenvalue weighted by atomic mass is 9.85. The summed E-state index contributed by atoms with van der Waals surface area (Å²) in [7, 11) is 0. The summed E-state index contributed by atoms with van der Waals surface area (Å²) in [5.41, 5.74) is -0.920. The molecule has 0 aliphatic carbocycles. The maximum Gasteiger partial charge on any atom is 0.416 e. The quantitative estimate of drug-likeness (QED) is 0.596. The number of hydrogen-bond acceptors (Lipinski definition) is 4. The van der Waals surface area contributed by atoms with Gasteiger partial charge in [-0.25, -0.2) is 4.79 Å². The highest BCUT2D eigenvalue weighted by Gasteiger charge is 2.54. The van der Waals surface area contributed by atoms with Crippen molar-refractivity contribution in [2.75, 3.05) is 31.2 Å². The molecule has 2 saturated heterocycles. The maximum absolute atomic E-state index is 13.8. The lowest BCUT2D eigenvalue weighted by Gasteiger charge is -2.43. The highest BCUT2D eigenvalue weighted by atomic mass is 19.4. The van der Waals surface area contributed by atoms with Crippen LogP contribution in [0.5, 0.6) is 0 Å². The molecule has 2 aromatic rings. The molecule has 2 aliphatic rings. The second kappa shape index (κ2) is 10.8. The monoisotopic (exact) mass is 545 g/mol. The first-order chi connectivity index (χ1) is 18.3. The number of carbonyl (C=O) groups is 3. The topological polar surface area (TPSA) is 85.0 Å². The summed E-state index contributed by atoms with van der Waals surface area (Å²) in [6.45, 7) is 6.36. The van der Waals surface area contributed by atoms with Crippen molar-refractivity contribution < 1.29 is 27.6 Å². The molecule has 210 valence electrons. The van der Waals surface area contributed by atoms with Crippen molar-refractivity contribution in [3.8, 4) is 0 Å². The Morgan fingerprint density at radius 1 is 0.974 bits per heavy atom. The first-order valence-corrected chi connectivity index (χ1v) is 12.9. The van der Waals surface area contributed by atoms with E-state index in [0.29, 0.717) is 31.5 Å². The smallest absolute Gasteiger partial charge is 0.350 e. The van der Waals surface area contributed by atoms with E-state index in [0.717, 1.165) is 17.8 Å². The first-order valence-electron chi connectivity index (χ1n) is 12.9. The van der Waals surface area contributed by atoms with Gasteiger partial charge < -0.3 is 25.3 Å². The lowest BCUT2D eigenvalue weighted by Crippen LogP contribution is -2.59. The number of urea groups is 1. The number of benzene rings is 2. The van der Waals surface area contributed by atoms with Gasteiger partial charge in [0.15, 0.2) is 0 Å². The number of nitrogens with zero attached hydrogens (tertiary/aromatic N) is 3.